The van der Waals surface area contributed by atoms with E-state index in [1.165, 1.54) is 5.56 Å². The van der Waals surface area contributed by atoms with Crippen LogP contribution in [0.15, 0.2) is 24.3 Å². The average molecular weight is 287 g/mol. The van der Waals surface area contributed by atoms with E-state index < -0.39 is 5.97 Å². The number of amides is 1. The molecular weight excluding hydrogens is 266 g/mol. The summed E-state index contributed by atoms with van der Waals surface area (Å²) in [4.78, 5) is 25.5. The Hall–Kier alpha value is -1.84. The predicted octanol–water partition coefficient (Wildman–Crippen LogP) is 2.57. The van der Waals surface area contributed by atoms with Gasteiger partial charge in [-0.25, -0.2) is 0 Å². The highest BCUT2D eigenvalue weighted by Crippen LogP contribution is 2.36. The minimum atomic E-state index is -0.836. The van der Waals surface area contributed by atoms with Gasteiger partial charge in [0.15, 0.2) is 0 Å². The van der Waals surface area contributed by atoms with Crippen molar-refractivity contribution in [1.82, 2.24) is 4.90 Å². The molecule has 0 aliphatic heterocycles. The standard InChI is InChI=1S/C17H21NO3/c19-16(20)10-11-18(13-8-9-13)17(21)15-7-3-5-12-4-1-2-6-14(12)15/h1-2,4,6,13,15H,3,5,7-11H2,(H,19,20). The lowest BCUT2D eigenvalue weighted by Crippen LogP contribution is -2.39. The lowest BCUT2D eigenvalue weighted by atomic mass is 9.82. The summed E-state index contributed by atoms with van der Waals surface area (Å²) in [5.41, 5.74) is 2.42. The SMILES string of the molecule is O=C(O)CCN(C(=O)C1CCCc2ccccc21)C1CC1. The van der Waals surface area contributed by atoms with Crippen molar-refractivity contribution >= 4 is 11.9 Å². The molecule has 1 aromatic carbocycles. The van der Waals surface area contributed by atoms with Gasteiger partial charge >= 0.3 is 5.97 Å². The van der Waals surface area contributed by atoms with Gasteiger partial charge in [-0.3, -0.25) is 9.59 Å². The highest BCUT2D eigenvalue weighted by atomic mass is 16.4. The molecule has 1 aromatic rings. The molecule has 1 fully saturated rings. The van der Waals surface area contributed by atoms with E-state index in [0.717, 1.165) is 37.7 Å². The summed E-state index contributed by atoms with van der Waals surface area (Å²) in [6.45, 7) is 0.345. The summed E-state index contributed by atoms with van der Waals surface area (Å²) < 4.78 is 0. The number of hydrogen-bond donors (Lipinski definition) is 1. The van der Waals surface area contributed by atoms with Crippen molar-refractivity contribution in [2.75, 3.05) is 6.54 Å². The molecule has 4 nitrogen and oxygen atoms in total. The molecule has 0 radical (unpaired) electrons. The van der Waals surface area contributed by atoms with E-state index >= 15 is 0 Å². The van der Waals surface area contributed by atoms with E-state index in [9.17, 15) is 9.59 Å². The Morgan fingerprint density at radius 1 is 1.19 bits per heavy atom. The second-order valence-electron chi connectivity index (χ2n) is 6.05. The Morgan fingerprint density at radius 2 is 1.95 bits per heavy atom. The maximum Gasteiger partial charge on any atom is 0.305 e. The summed E-state index contributed by atoms with van der Waals surface area (Å²) >= 11 is 0. The van der Waals surface area contributed by atoms with Crippen LogP contribution in [0, 0.1) is 0 Å². The number of benzene rings is 1. The number of aryl methyl sites for hydroxylation is 1. The largest absolute Gasteiger partial charge is 0.481 e. The molecule has 21 heavy (non-hydrogen) atoms. The molecule has 1 amide bonds. The van der Waals surface area contributed by atoms with Crippen molar-refractivity contribution in [1.29, 1.82) is 0 Å². The first-order chi connectivity index (χ1) is 10.2. The fourth-order valence-corrected chi connectivity index (χ4v) is 3.29. The lowest BCUT2D eigenvalue weighted by Gasteiger charge is -2.30. The van der Waals surface area contributed by atoms with E-state index in [2.05, 4.69) is 12.1 Å². The van der Waals surface area contributed by atoms with Gasteiger partial charge in [-0.2, -0.15) is 0 Å². The summed E-state index contributed by atoms with van der Waals surface area (Å²) in [6, 6.07) is 8.44. The summed E-state index contributed by atoms with van der Waals surface area (Å²) in [5.74, 6) is -0.785. The third kappa shape index (κ3) is 3.09. The Morgan fingerprint density at radius 3 is 2.67 bits per heavy atom. The quantitative estimate of drug-likeness (QED) is 0.905. The molecule has 0 heterocycles. The topological polar surface area (TPSA) is 57.6 Å². The van der Waals surface area contributed by atoms with E-state index in [1.54, 1.807) is 0 Å². The summed E-state index contributed by atoms with van der Waals surface area (Å²) in [6.07, 6.45) is 5.02. The van der Waals surface area contributed by atoms with Crippen molar-refractivity contribution in [3.63, 3.8) is 0 Å². The predicted molar refractivity (Wildman–Crippen MR) is 79.1 cm³/mol. The molecule has 0 aromatic heterocycles. The third-order valence-electron chi connectivity index (χ3n) is 4.50. The van der Waals surface area contributed by atoms with Gasteiger partial charge in [-0.05, 0) is 43.2 Å². The minimum Gasteiger partial charge on any atom is -0.481 e. The van der Waals surface area contributed by atoms with Gasteiger partial charge < -0.3 is 10.0 Å². The van der Waals surface area contributed by atoms with Gasteiger partial charge in [0.2, 0.25) is 5.91 Å². The van der Waals surface area contributed by atoms with Crippen LogP contribution in [0.4, 0.5) is 0 Å². The second-order valence-corrected chi connectivity index (χ2v) is 6.05. The highest BCUT2D eigenvalue weighted by Gasteiger charge is 2.37. The van der Waals surface area contributed by atoms with Gasteiger partial charge in [0.25, 0.3) is 0 Å². The van der Waals surface area contributed by atoms with Crippen LogP contribution < -0.4 is 0 Å². The number of carbonyl (C=O) groups excluding carboxylic acids is 1. The van der Waals surface area contributed by atoms with Crippen LogP contribution in [-0.4, -0.2) is 34.5 Å². The number of aliphatic carboxylic acids is 1. The van der Waals surface area contributed by atoms with Gasteiger partial charge in [0.05, 0.1) is 12.3 Å². The number of carbonyl (C=O) groups is 2. The monoisotopic (exact) mass is 287 g/mol. The van der Waals surface area contributed by atoms with Crippen LogP contribution >= 0.6 is 0 Å². The highest BCUT2D eigenvalue weighted by molar-refractivity contribution is 5.85. The van der Waals surface area contributed by atoms with E-state index in [0.29, 0.717) is 6.54 Å². The van der Waals surface area contributed by atoms with E-state index in [1.807, 2.05) is 17.0 Å². The molecule has 0 saturated heterocycles. The van der Waals surface area contributed by atoms with Crippen LogP contribution in [0.1, 0.15) is 49.1 Å². The van der Waals surface area contributed by atoms with Gasteiger partial charge in [0, 0.05) is 12.6 Å². The van der Waals surface area contributed by atoms with Gasteiger partial charge in [-0.1, -0.05) is 24.3 Å². The minimum absolute atomic E-state index is 0.0383. The normalized spacial score (nSPS) is 20.7. The number of carboxylic acids is 1. The smallest absolute Gasteiger partial charge is 0.305 e. The molecule has 2 aliphatic rings. The van der Waals surface area contributed by atoms with Crippen molar-refractivity contribution in [3.05, 3.63) is 35.4 Å². The second kappa shape index (κ2) is 5.88. The lowest BCUT2D eigenvalue weighted by molar-refractivity contribution is -0.139. The number of nitrogens with zero attached hydrogens (tertiary/aromatic N) is 1. The summed E-state index contributed by atoms with van der Waals surface area (Å²) in [7, 11) is 0. The molecule has 1 N–H and O–H groups in total. The van der Waals surface area contributed by atoms with Gasteiger partial charge in [-0.15, -0.1) is 0 Å². The van der Waals surface area contributed by atoms with Crippen molar-refractivity contribution in [2.45, 2.75) is 50.5 Å². The van der Waals surface area contributed by atoms with Crippen LogP contribution in [0.2, 0.25) is 0 Å². The summed E-state index contributed by atoms with van der Waals surface area (Å²) in [5, 5.41) is 8.88. The van der Waals surface area contributed by atoms with Gasteiger partial charge in [0.1, 0.15) is 0 Å². The Balaban J connectivity index is 1.78. The van der Waals surface area contributed by atoms with Crippen molar-refractivity contribution in [3.8, 4) is 0 Å². The first kappa shape index (κ1) is 14.1. The van der Waals surface area contributed by atoms with Crippen LogP contribution in [-0.2, 0) is 16.0 Å². The zero-order chi connectivity index (χ0) is 14.8. The Kier molecular flexibility index (Phi) is 3.95. The average Bonchev–Trinajstić information content (AvgIpc) is 3.31. The first-order valence-corrected chi connectivity index (χ1v) is 7.77. The molecule has 4 heteroatoms. The van der Waals surface area contributed by atoms with E-state index in [4.69, 9.17) is 5.11 Å². The van der Waals surface area contributed by atoms with Crippen molar-refractivity contribution < 1.29 is 14.7 Å². The fraction of sp³-hybridized carbons (Fsp3) is 0.529. The molecule has 2 aliphatic carbocycles. The van der Waals surface area contributed by atoms with Crippen molar-refractivity contribution in [2.24, 2.45) is 0 Å². The molecule has 1 saturated carbocycles. The number of fused-ring (bicyclic) bond motifs is 1. The molecule has 3 rings (SSSR count). The van der Waals surface area contributed by atoms with E-state index in [-0.39, 0.29) is 24.3 Å². The third-order valence-corrected chi connectivity index (χ3v) is 4.50. The first-order valence-electron chi connectivity index (χ1n) is 7.77. The van der Waals surface area contributed by atoms with Crippen LogP contribution in [0.25, 0.3) is 0 Å². The Bertz CT molecular complexity index is 551. The maximum absolute atomic E-state index is 12.9. The number of rotatable bonds is 5. The molecule has 1 unspecified atom stereocenters. The number of carboxylic acid groups (broad SMARTS) is 1. The molecule has 1 atom stereocenters. The zero-order valence-electron chi connectivity index (χ0n) is 12.1. The molecule has 112 valence electrons. The zero-order valence-corrected chi connectivity index (χ0v) is 12.1. The maximum atomic E-state index is 12.9. The molecular formula is C17H21NO3. The number of hydrogen-bond acceptors (Lipinski definition) is 2. The van der Waals surface area contributed by atoms with Crippen LogP contribution in [0.3, 0.4) is 0 Å². The molecule has 0 spiro atoms. The Labute approximate surface area is 124 Å². The van der Waals surface area contributed by atoms with Crippen LogP contribution in [0.5, 0.6) is 0 Å². The fourth-order valence-electron chi connectivity index (χ4n) is 3.29. The molecule has 0 bridgehead atoms.